The summed E-state index contributed by atoms with van der Waals surface area (Å²) < 4.78 is 6.82. The average molecular weight is 451 g/mol. The molecule has 176 valence electrons. The SMILES string of the molecule is COC(=O)[C@H](NC(=O)c1cc2c(n(CC3CCCCC3)c1=O)CCCCC2)c1ccccc1. The topological polar surface area (TPSA) is 77.4 Å². The summed E-state index contributed by atoms with van der Waals surface area (Å²) in [4.78, 5) is 39.4. The van der Waals surface area contributed by atoms with Crippen LogP contribution in [-0.2, 0) is 28.9 Å². The number of hydrogen-bond acceptors (Lipinski definition) is 4. The van der Waals surface area contributed by atoms with Crippen molar-refractivity contribution in [3.05, 3.63) is 69.1 Å². The molecule has 1 heterocycles. The third-order valence-corrected chi connectivity index (χ3v) is 7.11. The van der Waals surface area contributed by atoms with E-state index in [4.69, 9.17) is 4.74 Å². The molecule has 0 saturated heterocycles. The second-order valence-corrected chi connectivity index (χ2v) is 9.35. The zero-order chi connectivity index (χ0) is 23.2. The molecule has 0 unspecified atom stereocenters. The van der Waals surface area contributed by atoms with Gasteiger partial charge in [0.05, 0.1) is 7.11 Å². The van der Waals surface area contributed by atoms with Crippen LogP contribution in [0.5, 0.6) is 0 Å². The first-order valence-electron chi connectivity index (χ1n) is 12.3. The van der Waals surface area contributed by atoms with Gasteiger partial charge in [0.25, 0.3) is 11.5 Å². The van der Waals surface area contributed by atoms with Crippen LogP contribution in [0.4, 0.5) is 0 Å². The Kier molecular flexibility index (Phi) is 7.63. The quantitative estimate of drug-likeness (QED) is 0.525. The molecular weight excluding hydrogens is 416 g/mol. The van der Waals surface area contributed by atoms with Crippen molar-refractivity contribution in [2.24, 2.45) is 5.92 Å². The Morgan fingerprint density at radius 1 is 1.03 bits per heavy atom. The number of carbonyl (C=O) groups is 2. The molecule has 1 fully saturated rings. The van der Waals surface area contributed by atoms with E-state index in [-0.39, 0.29) is 11.1 Å². The Morgan fingerprint density at radius 2 is 1.73 bits per heavy atom. The maximum absolute atomic E-state index is 13.6. The Balaban J connectivity index is 1.69. The summed E-state index contributed by atoms with van der Waals surface area (Å²) in [5, 5.41) is 2.77. The van der Waals surface area contributed by atoms with E-state index < -0.39 is 17.9 Å². The molecule has 6 heteroatoms. The minimum atomic E-state index is -0.964. The molecule has 0 spiro atoms. The van der Waals surface area contributed by atoms with Crippen molar-refractivity contribution >= 4 is 11.9 Å². The standard InChI is InChI=1S/C27H34N2O4/c1-33-27(32)24(20-13-7-3-8-14-20)28-25(30)22-17-21-15-9-4-10-16-23(21)29(26(22)31)18-19-11-5-2-6-12-19/h3,7-8,13-14,17,19,24H,2,4-6,9-12,15-16,18H2,1H3,(H,28,30)/t24-/m1/s1. The van der Waals surface area contributed by atoms with E-state index in [0.29, 0.717) is 18.0 Å². The Hall–Kier alpha value is -2.89. The highest BCUT2D eigenvalue weighted by atomic mass is 16.5. The molecule has 1 amide bonds. The predicted molar refractivity (Wildman–Crippen MR) is 127 cm³/mol. The van der Waals surface area contributed by atoms with Crippen molar-refractivity contribution < 1.29 is 14.3 Å². The maximum Gasteiger partial charge on any atom is 0.333 e. The van der Waals surface area contributed by atoms with Gasteiger partial charge in [0.1, 0.15) is 5.56 Å². The molecule has 4 rings (SSSR count). The van der Waals surface area contributed by atoms with Crippen LogP contribution in [0, 0.1) is 5.92 Å². The third-order valence-electron chi connectivity index (χ3n) is 7.11. The van der Waals surface area contributed by atoms with Crippen LogP contribution in [0.2, 0.25) is 0 Å². The lowest BCUT2D eigenvalue weighted by molar-refractivity contribution is -0.143. The number of methoxy groups -OCH3 is 1. The summed E-state index contributed by atoms with van der Waals surface area (Å²) in [5.41, 5.74) is 2.70. The van der Waals surface area contributed by atoms with Crippen LogP contribution in [0.25, 0.3) is 0 Å². The molecule has 0 radical (unpaired) electrons. The smallest absolute Gasteiger partial charge is 0.333 e. The van der Waals surface area contributed by atoms with Gasteiger partial charge in [-0.25, -0.2) is 4.79 Å². The van der Waals surface area contributed by atoms with E-state index in [1.807, 2.05) is 10.6 Å². The van der Waals surface area contributed by atoms with E-state index >= 15 is 0 Å². The number of ether oxygens (including phenoxy) is 1. The maximum atomic E-state index is 13.6. The summed E-state index contributed by atoms with van der Waals surface area (Å²) in [6.07, 6.45) is 11.0. The molecule has 2 aliphatic carbocycles. The van der Waals surface area contributed by atoms with Crippen molar-refractivity contribution in [3.63, 3.8) is 0 Å². The van der Waals surface area contributed by atoms with Gasteiger partial charge in [-0.15, -0.1) is 0 Å². The largest absolute Gasteiger partial charge is 0.467 e. The number of nitrogens with one attached hydrogen (secondary N) is 1. The lowest BCUT2D eigenvalue weighted by atomic mass is 9.89. The fraction of sp³-hybridized carbons (Fsp3) is 0.519. The fourth-order valence-corrected chi connectivity index (χ4v) is 5.29. The predicted octanol–water partition coefficient (Wildman–Crippen LogP) is 4.34. The van der Waals surface area contributed by atoms with Gasteiger partial charge in [0.2, 0.25) is 0 Å². The summed E-state index contributed by atoms with van der Waals surface area (Å²) >= 11 is 0. The van der Waals surface area contributed by atoms with Crippen molar-refractivity contribution in [1.82, 2.24) is 9.88 Å². The molecule has 1 aromatic heterocycles. The number of aryl methyl sites for hydroxylation is 1. The Labute approximate surface area is 195 Å². The minimum absolute atomic E-state index is 0.122. The van der Waals surface area contributed by atoms with Gasteiger partial charge in [-0.05, 0) is 61.6 Å². The first kappa shape index (κ1) is 23.3. The summed E-state index contributed by atoms with van der Waals surface area (Å²) in [5.74, 6) is -0.607. The van der Waals surface area contributed by atoms with Crippen LogP contribution in [-0.4, -0.2) is 23.6 Å². The number of amides is 1. The molecule has 1 aromatic carbocycles. The summed E-state index contributed by atoms with van der Waals surface area (Å²) in [6.45, 7) is 0.682. The molecule has 6 nitrogen and oxygen atoms in total. The van der Waals surface area contributed by atoms with Crippen molar-refractivity contribution in [1.29, 1.82) is 0 Å². The van der Waals surface area contributed by atoms with E-state index in [1.165, 1.54) is 26.4 Å². The van der Waals surface area contributed by atoms with Gasteiger partial charge >= 0.3 is 5.97 Å². The first-order valence-corrected chi connectivity index (χ1v) is 12.3. The van der Waals surface area contributed by atoms with Crippen LogP contribution < -0.4 is 10.9 Å². The number of carbonyl (C=O) groups excluding carboxylic acids is 2. The second-order valence-electron chi connectivity index (χ2n) is 9.35. The lowest BCUT2D eigenvalue weighted by Crippen LogP contribution is -2.40. The molecular formula is C27H34N2O4. The average Bonchev–Trinajstić information content (AvgIpc) is 3.10. The fourth-order valence-electron chi connectivity index (χ4n) is 5.29. The van der Waals surface area contributed by atoms with Crippen molar-refractivity contribution in [2.75, 3.05) is 7.11 Å². The monoisotopic (exact) mass is 450 g/mol. The first-order chi connectivity index (χ1) is 16.1. The molecule has 1 atom stereocenters. The second kappa shape index (κ2) is 10.8. The van der Waals surface area contributed by atoms with E-state index in [1.54, 1.807) is 30.3 Å². The number of aromatic nitrogens is 1. The van der Waals surface area contributed by atoms with Crippen LogP contribution in [0.1, 0.15) is 84.6 Å². The summed E-state index contributed by atoms with van der Waals surface area (Å²) in [6, 6.07) is 9.79. The Morgan fingerprint density at radius 3 is 2.45 bits per heavy atom. The van der Waals surface area contributed by atoms with Gasteiger partial charge in [0.15, 0.2) is 6.04 Å². The lowest BCUT2D eigenvalue weighted by Gasteiger charge is -2.25. The molecule has 0 aliphatic heterocycles. The number of rotatable bonds is 6. The molecule has 2 aliphatic rings. The number of pyridine rings is 1. The molecule has 0 bridgehead atoms. The van der Waals surface area contributed by atoms with Gasteiger partial charge in [0, 0.05) is 12.2 Å². The van der Waals surface area contributed by atoms with E-state index in [9.17, 15) is 14.4 Å². The molecule has 2 aromatic rings. The highest BCUT2D eigenvalue weighted by Gasteiger charge is 2.28. The number of hydrogen-bond donors (Lipinski definition) is 1. The van der Waals surface area contributed by atoms with E-state index in [0.717, 1.165) is 56.2 Å². The summed E-state index contributed by atoms with van der Waals surface area (Å²) in [7, 11) is 1.30. The Bertz CT molecular complexity index is 1040. The van der Waals surface area contributed by atoms with E-state index in [2.05, 4.69) is 5.32 Å². The highest BCUT2D eigenvalue weighted by molar-refractivity contribution is 5.97. The van der Waals surface area contributed by atoms with Crippen LogP contribution in [0.3, 0.4) is 0 Å². The van der Waals surface area contributed by atoms with Crippen molar-refractivity contribution in [3.8, 4) is 0 Å². The highest BCUT2D eigenvalue weighted by Crippen LogP contribution is 2.27. The molecule has 1 N–H and O–H groups in total. The van der Waals surface area contributed by atoms with Gasteiger partial charge in [-0.3, -0.25) is 9.59 Å². The molecule has 1 saturated carbocycles. The molecule has 33 heavy (non-hydrogen) atoms. The zero-order valence-electron chi connectivity index (χ0n) is 19.5. The van der Waals surface area contributed by atoms with Crippen molar-refractivity contribution in [2.45, 2.75) is 76.8 Å². The number of benzene rings is 1. The zero-order valence-corrected chi connectivity index (χ0v) is 19.5. The van der Waals surface area contributed by atoms with Crippen LogP contribution in [0.15, 0.2) is 41.2 Å². The number of nitrogens with zero attached hydrogens (tertiary/aromatic N) is 1. The van der Waals surface area contributed by atoms with Gasteiger partial charge in [-0.2, -0.15) is 0 Å². The van der Waals surface area contributed by atoms with Gasteiger partial charge in [-0.1, -0.05) is 56.0 Å². The number of fused-ring (bicyclic) bond motifs is 1. The number of esters is 1. The van der Waals surface area contributed by atoms with Crippen LogP contribution >= 0.6 is 0 Å². The third kappa shape index (κ3) is 5.37. The normalized spacial score (nSPS) is 17.5. The van der Waals surface area contributed by atoms with Gasteiger partial charge < -0.3 is 14.6 Å². The minimum Gasteiger partial charge on any atom is -0.467 e.